The van der Waals surface area contributed by atoms with Gasteiger partial charge in [0, 0.05) is 19.6 Å². The van der Waals surface area contributed by atoms with Gasteiger partial charge in [-0.25, -0.2) is 0 Å². The lowest BCUT2D eigenvalue weighted by atomic mass is 9.80. The number of nitrogens with one attached hydrogen (secondary N) is 2. The fraction of sp³-hybridized carbons (Fsp3) is 0.933. The highest BCUT2D eigenvalue weighted by Gasteiger charge is 2.20. The fourth-order valence-corrected chi connectivity index (χ4v) is 3.11. The summed E-state index contributed by atoms with van der Waals surface area (Å²) < 4.78 is 0. The van der Waals surface area contributed by atoms with Gasteiger partial charge in [0.1, 0.15) is 0 Å². The summed E-state index contributed by atoms with van der Waals surface area (Å²) in [5.74, 6) is 2.93. The average Bonchev–Trinajstić information content (AvgIpc) is 2.45. The van der Waals surface area contributed by atoms with Crippen molar-refractivity contribution in [2.45, 2.75) is 58.3 Å². The van der Waals surface area contributed by atoms with Crippen LogP contribution in [0.3, 0.4) is 0 Å². The van der Waals surface area contributed by atoms with Gasteiger partial charge in [0.05, 0.1) is 0 Å². The van der Waals surface area contributed by atoms with E-state index in [2.05, 4.69) is 22.5 Å². The van der Waals surface area contributed by atoms with Crippen molar-refractivity contribution >= 4 is 5.96 Å². The Hall–Kier alpha value is -0.730. The van der Waals surface area contributed by atoms with Crippen LogP contribution in [0.5, 0.6) is 0 Å². The Labute approximate surface area is 112 Å². The van der Waals surface area contributed by atoms with E-state index in [0.717, 1.165) is 37.4 Å². The van der Waals surface area contributed by atoms with Crippen LogP contribution in [-0.2, 0) is 0 Å². The molecule has 0 bridgehead atoms. The minimum Gasteiger partial charge on any atom is -0.356 e. The lowest BCUT2D eigenvalue weighted by molar-refractivity contribution is 0.259. The molecular weight excluding hydrogens is 222 g/mol. The Morgan fingerprint density at radius 3 is 2.67 bits per heavy atom. The summed E-state index contributed by atoms with van der Waals surface area (Å²) in [6, 6.07) is 0. The van der Waals surface area contributed by atoms with Crippen LogP contribution in [-0.4, -0.2) is 25.6 Å². The summed E-state index contributed by atoms with van der Waals surface area (Å²) in [5.41, 5.74) is 0. The Morgan fingerprint density at radius 1 is 1.22 bits per heavy atom. The molecule has 18 heavy (non-hydrogen) atoms. The highest BCUT2D eigenvalue weighted by molar-refractivity contribution is 5.80. The van der Waals surface area contributed by atoms with Crippen LogP contribution in [0.2, 0.25) is 0 Å². The van der Waals surface area contributed by atoms with Crippen LogP contribution >= 0.6 is 0 Å². The molecule has 2 rings (SSSR count). The van der Waals surface area contributed by atoms with E-state index in [1.165, 1.54) is 51.4 Å². The lowest BCUT2D eigenvalue weighted by Crippen LogP contribution is -2.43. The van der Waals surface area contributed by atoms with Gasteiger partial charge in [0.2, 0.25) is 0 Å². The molecule has 1 heterocycles. The molecule has 0 aromatic heterocycles. The number of aliphatic imine (C=N–C) groups is 1. The lowest BCUT2D eigenvalue weighted by Gasteiger charge is -2.29. The van der Waals surface area contributed by atoms with Crippen LogP contribution in [0.4, 0.5) is 0 Å². The van der Waals surface area contributed by atoms with Gasteiger partial charge in [0.25, 0.3) is 0 Å². The van der Waals surface area contributed by atoms with Crippen molar-refractivity contribution in [3.8, 4) is 0 Å². The van der Waals surface area contributed by atoms with Gasteiger partial charge in [0.15, 0.2) is 5.96 Å². The van der Waals surface area contributed by atoms with Crippen LogP contribution in [0.25, 0.3) is 0 Å². The molecule has 0 amide bonds. The standard InChI is InChI=1S/C15H29N3/c1-2-3-5-13-6-8-14(9-7-13)12-18-15-16-10-4-11-17-15/h13-14H,2-12H2,1H3,(H2,16,17,18). The number of rotatable bonds is 5. The molecule has 2 aliphatic rings. The van der Waals surface area contributed by atoms with Crippen molar-refractivity contribution in [2.24, 2.45) is 16.8 Å². The van der Waals surface area contributed by atoms with Gasteiger partial charge in [-0.1, -0.05) is 39.0 Å². The van der Waals surface area contributed by atoms with E-state index < -0.39 is 0 Å². The van der Waals surface area contributed by atoms with Crippen LogP contribution in [0.1, 0.15) is 58.3 Å². The van der Waals surface area contributed by atoms with E-state index in [9.17, 15) is 0 Å². The normalized spacial score (nSPS) is 28.4. The molecule has 0 unspecified atom stereocenters. The van der Waals surface area contributed by atoms with Crippen molar-refractivity contribution in [1.29, 1.82) is 0 Å². The molecule has 3 nitrogen and oxygen atoms in total. The SMILES string of the molecule is CCCCC1CCC(CNC2=NCCCN2)CC1. The average molecular weight is 251 g/mol. The molecule has 0 aromatic rings. The van der Waals surface area contributed by atoms with E-state index in [-0.39, 0.29) is 0 Å². The van der Waals surface area contributed by atoms with E-state index in [1.54, 1.807) is 0 Å². The minimum absolute atomic E-state index is 0.870. The van der Waals surface area contributed by atoms with Gasteiger partial charge < -0.3 is 10.6 Å². The van der Waals surface area contributed by atoms with Gasteiger partial charge in [-0.15, -0.1) is 0 Å². The van der Waals surface area contributed by atoms with Gasteiger partial charge >= 0.3 is 0 Å². The molecule has 0 spiro atoms. The Kier molecular flexibility index (Phi) is 5.82. The first-order chi connectivity index (χ1) is 8.88. The summed E-state index contributed by atoms with van der Waals surface area (Å²) >= 11 is 0. The molecule has 0 aromatic carbocycles. The third kappa shape index (κ3) is 4.51. The van der Waals surface area contributed by atoms with Gasteiger partial charge in [-0.3, -0.25) is 4.99 Å². The summed E-state index contributed by atoms with van der Waals surface area (Å²) in [7, 11) is 0. The predicted octanol–water partition coefficient (Wildman–Crippen LogP) is 2.92. The molecule has 0 atom stereocenters. The Bertz CT molecular complexity index is 254. The van der Waals surface area contributed by atoms with Crippen molar-refractivity contribution in [2.75, 3.05) is 19.6 Å². The molecule has 1 aliphatic carbocycles. The number of nitrogens with zero attached hydrogens (tertiary/aromatic N) is 1. The summed E-state index contributed by atoms with van der Waals surface area (Å²) in [6.07, 6.45) is 11.1. The molecule has 0 saturated heterocycles. The first kappa shape index (κ1) is 13.7. The quantitative estimate of drug-likeness (QED) is 0.788. The zero-order chi connectivity index (χ0) is 12.6. The first-order valence-electron chi connectivity index (χ1n) is 7.90. The minimum atomic E-state index is 0.870. The van der Waals surface area contributed by atoms with E-state index in [1.807, 2.05) is 0 Å². The monoisotopic (exact) mass is 251 g/mol. The van der Waals surface area contributed by atoms with E-state index in [4.69, 9.17) is 0 Å². The molecular formula is C15H29N3. The summed E-state index contributed by atoms with van der Waals surface area (Å²) in [6.45, 7) is 5.48. The molecule has 3 heteroatoms. The smallest absolute Gasteiger partial charge is 0.191 e. The maximum Gasteiger partial charge on any atom is 0.191 e. The zero-order valence-corrected chi connectivity index (χ0v) is 11.9. The zero-order valence-electron chi connectivity index (χ0n) is 11.9. The Morgan fingerprint density at radius 2 is 2.00 bits per heavy atom. The summed E-state index contributed by atoms with van der Waals surface area (Å²) in [5, 5.41) is 6.82. The molecule has 104 valence electrons. The highest BCUT2D eigenvalue weighted by Crippen LogP contribution is 2.31. The first-order valence-corrected chi connectivity index (χ1v) is 7.90. The van der Waals surface area contributed by atoms with E-state index >= 15 is 0 Å². The topological polar surface area (TPSA) is 36.4 Å². The molecule has 1 aliphatic heterocycles. The second-order valence-electron chi connectivity index (χ2n) is 5.92. The van der Waals surface area contributed by atoms with Crippen LogP contribution in [0.15, 0.2) is 4.99 Å². The van der Waals surface area contributed by atoms with Crippen molar-refractivity contribution in [1.82, 2.24) is 10.6 Å². The number of guanidine groups is 1. The second-order valence-corrected chi connectivity index (χ2v) is 5.92. The third-order valence-electron chi connectivity index (χ3n) is 4.39. The van der Waals surface area contributed by atoms with Crippen molar-refractivity contribution < 1.29 is 0 Å². The Balaban J connectivity index is 1.60. The largest absolute Gasteiger partial charge is 0.356 e. The van der Waals surface area contributed by atoms with Gasteiger partial charge in [-0.2, -0.15) is 0 Å². The van der Waals surface area contributed by atoms with Crippen molar-refractivity contribution in [3.63, 3.8) is 0 Å². The van der Waals surface area contributed by atoms with Gasteiger partial charge in [-0.05, 0) is 31.1 Å². The maximum absolute atomic E-state index is 4.46. The van der Waals surface area contributed by atoms with Crippen LogP contribution in [0, 0.1) is 11.8 Å². The fourth-order valence-electron chi connectivity index (χ4n) is 3.11. The van der Waals surface area contributed by atoms with Crippen LogP contribution < -0.4 is 10.6 Å². The number of hydrogen-bond acceptors (Lipinski definition) is 3. The number of unbranched alkanes of at least 4 members (excludes halogenated alkanes) is 1. The maximum atomic E-state index is 4.46. The van der Waals surface area contributed by atoms with E-state index in [0.29, 0.717) is 0 Å². The second kappa shape index (κ2) is 7.65. The molecule has 0 radical (unpaired) electrons. The van der Waals surface area contributed by atoms with Crippen molar-refractivity contribution in [3.05, 3.63) is 0 Å². The molecule has 2 N–H and O–H groups in total. The predicted molar refractivity (Wildman–Crippen MR) is 77.9 cm³/mol. The third-order valence-corrected chi connectivity index (χ3v) is 4.39. The number of hydrogen-bond donors (Lipinski definition) is 2. The summed E-state index contributed by atoms with van der Waals surface area (Å²) in [4.78, 5) is 4.46. The highest BCUT2D eigenvalue weighted by atomic mass is 15.2. The molecule has 1 fully saturated rings. The molecule has 1 saturated carbocycles.